The van der Waals surface area contributed by atoms with E-state index in [1.807, 2.05) is 0 Å². The summed E-state index contributed by atoms with van der Waals surface area (Å²) in [5.74, 6) is 0. The van der Waals surface area contributed by atoms with Crippen molar-refractivity contribution in [1.82, 2.24) is 10.2 Å². The summed E-state index contributed by atoms with van der Waals surface area (Å²) in [5.41, 5.74) is 0. The van der Waals surface area contributed by atoms with Gasteiger partial charge in [0.2, 0.25) is 0 Å². The number of methoxy groups -OCH3 is 1. The molecule has 0 radical (unpaired) electrons. The minimum Gasteiger partial charge on any atom is -0.385 e. The summed E-state index contributed by atoms with van der Waals surface area (Å²) in [5, 5.41) is 3.61. The smallest absolute Gasteiger partial charge is 0.0474 e. The lowest BCUT2D eigenvalue weighted by Crippen LogP contribution is -2.30. The maximum absolute atomic E-state index is 5.06. The second-order valence-electron chi connectivity index (χ2n) is 4.85. The molecule has 1 unspecified atom stereocenters. The Labute approximate surface area is 108 Å². The molecule has 3 heteroatoms. The Bertz CT molecular complexity index is 153. The fourth-order valence-corrected chi connectivity index (χ4v) is 2.00. The first-order valence-electron chi connectivity index (χ1n) is 7.15. The SMILES string of the molecule is CCCNC(CC)CCCN(C)CCCOC. The molecule has 0 amide bonds. The predicted octanol–water partition coefficient (Wildman–Crippen LogP) is 2.51. The van der Waals surface area contributed by atoms with Gasteiger partial charge < -0.3 is 15.0 Å². The van der Waals surface area contributed by atoms with E-state index in [1.54, 1.807) is 7.11 Å². The molecule has 0 fully saturated rings. The van der Waals surface area contributed by atoms with Gasteiger partial charge in [-0.15, -0.1) is 0 Å². The van der Waals surface area contributed by atoms with Crippen LogP contribution in [0.3, 0.4) is 0 Å². The van der Waals surface area contributed by atoms with Crippen LogP contribution >= 0.6 is 0 Å². The third-order valence-corrected chi connectivity index (χ3v) is 3.16. The highest BCUT2D eigenvalue weighted by Crippen LogP contribution is 2.03. The molecule has 0 aromatic rings. The minimum atomic E-state index is 0.710. The molecule has 17 heavy (non-hydrogen) atoms. The van der Waals surface area contributed by atoms with Crippen LogP contribution in [0.2, 0.25) is 0 Å². The van der Waals surface area contributed by atoms with Gasteiger partial charge in [-0.3, -0.25) is 0 Å². The van der Waals surface area contributed by atoms with Crippen molar-refractivity contribution in [2.24, 2.45) is 0 Å². The van der Waals surface area contributed by atoms with Crippen molar-refractivity contribution in [2.75, 3.05) is 40.4 Å². The third-order valence-electron chi connectivity index (χ3n) is 3.16. The van der Waals surface area contributed by atoms with Gasteiger partial charge in [0.1, 0.15) is 0 Å². The second kappa shape index (κ2) is 12.3. The monoisotopic (exact) mass is 244 g/mol. The lowest BCUT2D eigenvalue weighted by atomic mass is 10.1. The van der Waals surface area contributed by atoms with E-state index >= 15 is 0 Å². The molecule has 0 saturated carbocycles. The first-order chi connectivity index (χ1) is 8.24. The Kier molecular flexibility index (Phi) is 12.3. The molecule has 0 aliphatic heterocycles. The van der Waals surface area contributed by atoms with Gasteiger partial charge in [-0.25, -0.2) is 0 Å². The largest absolute Gasteiger partial charge is 0.385 e. The summed E-state index contributed by atoms with van der Waals surface area (Å²) < 4.78 is 5.06. The van der Waals surface area contributed by atoms with E-state index in [-0.39, 0.29) is 0 Å². The molecule has 0 saturated heterocycles. The average Bonchev–Trinajstić information content (AvgIpc) is 2.34. The van der Waals surface area contributed by atoms with E-state index in [9.17, 15) is 0 Å². The van der Waals surface area contributed by atoms with Crippen molar-refractivity contribution >= 4 is 0 Å². The molecular formula is C14H32N2O. The van der Waals surface area contributed by atoms with E-state index in [1.165, 1.54) is 32.2 Å². The average molecular weight is 244 g/mol. The molecule has 0 aromatic heterocycles. The third kappa shape index (κ3) is 10.7. The summed E-state index contributed by atoms with van der Waals surface area (Å²) in [6.07, 6.45) is 6.20. The molecule has 0 aliphatic rings. The van der Waals surface area contributed by atoms with Crippen LogP contribution in [-0.4, -0.2) is 51.3 Å². The predicted molar refractivity (Wildman–Crippen MR) is 75.6 cm³/mol. The number of hydrogen-bond acceptors (Lipinski definition) is 3. The standard InChI is InChI=1S/C14H32N2O/c1-5-10-15-14(6-2)9-7-11-16(3)12-8-13-17-4/h14-15H,5-13H2,1-4H3. The van der Waals surface area contributed by atoms with E-state index in [0.29, 0.717) is 6.04 Å². The quantitative estimate of drug-likeness (QED) is 0.534. The Balaban J connectivity index is 3.45. The number of hydrogen-bond donors (Lipinski definition) is 1. The number of ether oxygens (including phenoxy) is 1. The van der Waals surface area contributed by atoms with E-state index in [4.69, 9.17) is 4.74 Å². The summed E-state index contributed by atoms with van der Waals surface area (Å²) >= 11 is 0. The molecule has 0 aliphatic carbocycles. The van der Waals surface area contributed by atoms with E-state index in [2.05, 4.69) is 31.1 Å². The van der Waals surface area contributed by atoms with Gasteiger partial charge >= 0.3 is 0 Å². The van der Waals surface area contributed by atoms with Gasteiger partial charge in [0.05, 0.1) is 0 Å². The van der Waals surface area contributed by atoms with Crippen molar-refractivity contribution in [2.45, 2.75) is 52.0 Å². The normalized spacial score (nSPS) is 13.2. The lowest BCUT2D eigenvalue weighted by Gasteiger charge is -2.20. The van der Waals surface area contributed by atoms with Gasteiger partial charge in [-0.1, -0.05) is 13.8 Å². The molecule has 1 atom stereocenters. The molecule has 0 bridgehead atoms. The van der Waals surface area contributed by atoms with Crippen LogP contribution in [0.25, 0.3) is 0 Å². The maximum Gasteiger partial charge on any atom is 0.0474 e. The van der Waals surface area contributed by atoms with Crippen LogP contribution in [-0.2, 0) is 4.74 Å². The number of rotatable bonds is 12. The van der Waals surface area contributed by atoms with E-state index < -0.39 is 0 Å². The highest BCUT2D eigenvalue weighted by Gasteiger charge is 2.05. The summed E-state index contributed by atoms with van der Waals surface area (Å²) in [6.45, 7) is 8.88. The molecule has 1 N–H and O–H groups in total. The van der Waals surface area contributed by atoms with Gasteiger partial charge in [-0.05, 0) is 52.2 Å². The first kappa shape index (κ1) is 16.9. The molecule has 3 nitrogen and oxygen atoms in total. The zero-order chi connectivity index (χ0) is 12.9. The van der Waals surface area contributed by atoms with Crippen LogP contribution in [0.1, 0.15) is 46.0 Å². The van der Waals surface area contributed by atoms with Crippen LogP contribution in [0, 0.1) is 0 Å². The van der Waals surface area contributed by atoms with Crippen molar-refractivity contribution in [3.63, 3.8) is 0 Å². The maximum atomic E-state index is 5.06. The van der Waals surface area contributed by atoms with Gasteiger partial charge in [-0.2, -0.15) is 0 Å². The van der Waals surface area contributed by atoms with Crippen LogP contribution in [0.5, 0.6) is 0 Å². The van der Waals surface area contributed by atoms with Crippen LogP contribution < -0.4 is 5.32 Å². The van der Waals surface area contributed by atoms with Crippen molar-refractivity contribution in [3.05, 3.63) is 0 Å². The fourth-order valence-electron chi connectivity index (χ4n) is 2.00. The van der Waals surface area contributed by atoms with Crippen LogP contribution in [0.4, 0.5) is 0 Å². The Morgan fingerprint density at radius 3 is 2.47 bits per heavy atom. The van der Waals surface area contributed by atoms with Gasteiger partial charge in [0.15, 0.2) is 0 Å². The van der Waals surface area contributed by atoms with Gasteiger partial charge in [0, 0.05) is 26.3 Å². The minimum absolute atomic E-state index is 0.710. The summed E-state index contributed by atoms with van der Waals surface area (Å²) in [6, 6.07) is 0.710. The number of nitrogens with zero attached hydrogens (tertiary/aromatic N) is 1. The zero-order valence-electron chi connectivity index (χ0n) is 12.3. The zero-order valence-corrected chi connectivity index (χ0v) is 12.3. The molecule has 104 valence electrons. The van der Waals surface area contributed by atoms with Crippen LogP contribution in [0.15, 0.2) is 0 Å². The Morgan fingerprint density at radius 1 is 1.18 bits per heavy atom. The van der Waals surface area contributed by atoms with Crippen molar-refractivity contribution in [3.8, 4) is 0 Å². The Morgan fingerprint density at radius 2 is 1.88 bits per heavy atom. The van der Waals surface area contributed by atoms with E-state index in [0.717, 1.165) is 26.1 Å². The topological polar surface area (TPSA) is 24.5 Å². The molecule has 0 rings (SSSR count). The number of nitrogens with one attached hydrogen (secondary N) is 1. The molecular weight excluding hydrogens is 212 g/mol. The summed E-state index contributed by atoms with van der Waals surface area (Å²) in [7, 11) is 3.97. The van der Waals surface area contributed by atoms with Gasteiger partial charge in [0.25, 0.3) is 0 Å². The Hall–Kier alpha value is -0.120. The lowest BCUT2D eigenvalue weighted by molar-refractivity contribution is 0.178. The first-order valence-corrected chi connectivity index (χ1v) is 7.15. The van der Waals surface area contributed by atoms with Crippen molar-refractivity contribution < 1.29 is 4.74 Å². The summed E-state index contributed by atoms with van der Waals surface area (Å²) in [4.78, 5) is 2.41. The highest BCUT2D eigenvalue weighted by molar-refractivity contribution is 4.65. The molecule has 0 heterocycles. The second-order valence-corrected chi connectivity index (χ2v) is 4.85. The van der Waals surface area contributed by atoms with Crippen molar-refractivity contribution in [1.29, 1.82) is 0 Å². The fraction of sp³-hybridized carbons (Fsp3) is 1.00. The molecule has 0 aromatic carbocycles. The molecule has 0 spiro atoms. The highest BCUT2D eigenvalue weighted by atomic mass is 16.5.